The molecule has 3 rings (SSSR count). The number of nitrogen functional groups attached to an aromatic ring is 1. The summed E-state index contributed by atoms with van der Waals surface area (Å²) in [5, 5.41) is 21.6. The van der Waals surface area contributed by atoms with E-state index in [9.17, 15) is 14.7 Å². The van der Waals surface area contributed by atoms with Gasteiger partial charge in [-0.25, -0.2) is 9.79 Å². The molecule has 1 aliphatic heterocycles. The van der Waals surface area contributed by atoms with E-state index in [1.807, 2.05) is 0 Å². The first-order valence-corrected chi connectivity index (χ1v) is 8.59. The van der Waals surface area contributed by atoms with Crippen LogP contribution in [0, 0.1) is 0 Å². The van der Waals surface area contributed by atoms with E-state index in [-0.39, 0.29) is 24.3 Å². The van der Waals surface area contributed by atoms with E-state index in [2.05, 4.69) is 10.3 Å². The zero-order valence-corrected chi connectivity index (χ0v) is 15.2. The lowest BCUT2D eigenvalue weighted by atomic mass is 9.75. The summed E-state index contributed by atoms with van der Waals surface area (Å²) in [6, 6.07) is 4.77. The quantitative estimate of drug-likeness (QED) is 0.582. The number of nitrogens with zero attached hydrogens (tertiary/aromatic N) is 2. The van der Waals surface area contributed by atoms with Gasteiger partial charge in [0, 0.05) is 11.6 Å². The van der Waals surface area contributed by atoms with Gasteiger partial charge in [-0.3, -0.25) is 15.0 Å². The topological polar surface area (TPSA) is 128 Å². The number of carbonyl (C=O) groups is 2. The maximum atomic E-state index is 12.9. The molecule has 0 spiro atoms. The Kier molecular flexibility index (Phi) is 4.36. The summed E-state index contributed by atoms with van der Waals surface area (Å²) >= 11 is 6.30. The van der Waals surface area contributed by atoms with Crippen molar-refractivity contribution in [3.05, 3.63) is 28.8 Å². The van der Waals surface area contributed by atoms with Gasteiger partial charge in [-0.2, -0.15) is 0 Å². The molecule has 2 amide bonds. The van der Waals surface area contributed by atoms with Crippen LogP contribution in [0.15, 0.2) is 23.2 Å². The normalized spacial score (nSPS) is 31.2. The molecule has 9 heteroatoms. The summed E-state index contributed by atoms with van der Waals surface area (Å²) in [5.74, 6) is -0.347. The average molecular weight is 381 g/mol. The number of anilines is 1. The first-order valence-electron chi connectivity index (χ1n) is 8.21. The zero-order valence-electron chi connectivity index (χ0n) is 14.5. The second-order valence-corrected chi connectivity index (χ2v) is 7.73. The zero-order chi connectivity index (χ0) is 19.3. The van der Waals surface area contributed by atoms with Gasteiger partial charge < -0.3 is 15.9 Å². The van der Waals surface area contributed by atoms with Gasteiger partial charge in [0.2, 0.25) is 11.9 Å². The SMILES string of the molecule is CC1(O)CC(N2C(=O)C[C@@](C)(c3cccc(N)c3Cl)N=C2NC(=O)O)C1. The van der Waals surface area contributed by atoms with Crippen LogP contribution >= 0.6 is 11.6 Å². The Morgan fingerprint density at radius 1 is 1.42 bits per heavy atom. The van der Waals surface area contributed by atoms with Gasteiger partial charge in [-0.05, 0) is 32.8 Å². The Hall–Kier alpha value is -2.32. The molecule has 0 aromatic heterocycles. The first kappa shape index (κ1) is 18.5. The lowest BCUT2D eigenvalue weighted by Gasteiger charge is -2.49. The van der Waals surface area contributed by atoms with E-state index in [1.165, 1.54) is 4.90 Å². The number of rotatable bonds is 2. The summed E-state index contributed by atoms with van der Waals surface area (Å²) in [5.41, 5.74) is 4.86. The van der Waals surface area contributed by atoms with E-state index in [0.717, 1.165) is 0 Å². The monoisotopic (exact) mass is 380 g/mol. The van der Waals surface area contributed by atoms with E-state index in [4.69, 9.17) is 22.4 Å². The summed E-state index contributed by atoms with van der Waals surface area (Å²) in [4.78, 5) is 29.9. The molecule has 0 radical (unpaired) electrons. The molecule has 1 aliphatic carbocycles. The predicted octanol–water partition coefficient (Wildman–Crippen LogP) is 1.91. The fraction of sp³-hybridized carbons (Fsp3) is 0.471. The fourth-order valence-corrected chi connectivity index (χ4v) is 3.97. The van der Waals surface area contributed by atoms with Crippen molar-refractivity contribution in [2.24, 2.45) is 4.99 Å². The van der Waals surface area contributed by atoms with E-state index in [1.54, 1.807) is 32.0 Å². The van der Waals surface area contributed by atoms with Crippen LogP contribution in [-0.2, 0) is 10.3 Å². The van der Waals surface area contributed by atoms with Crippen LogP contribution in [-0.4, -0.2) is 44.7 Å². The highest BCUT2D eigenvalue weighted by Gasteiger charge is 2.49. The molecule has 2 aliphatic rings. The minimum Gasteiger partial charge on any atom is -0.465 e. The van der Waals surface area contributed by atoms with Crippen LogP contribution in [0.5, 0.6) is 0 Å². The van der Waals surface area contributed by atoms with Gasteiger partial charge in [0.1, 0.15) is 0 Å². The number of nitrogens with one attached hydrogen (secondary N) is 1. The van der Waals surface area contributed by atoms with Crippen molar-refractivity contribution in [3.63, 3.8) is 0 Å². The van der Waals surface area contributed by atoms with Crippen LogP contribution in [0.25, 0.3) is 0 Å². The molecular weight excluding hydrogens is 360 g/mol. The van der Waals surface area contributed by atoms with Gasteiger partial charge in [-0.1, -0.05) is 23.7 Å². The Balaban J connectivity index is 2.03. The number of carbonyl (C=O) groups excluding carboxylic acids is 1. The van der Waals surface area contributed by atoms with Gasteiger partial charge >= 0.3 is 6.09 Å². The molecule has 1 aromatic carbocycles. The Labute approximate surface area is 155 Å². The number of amides is 2. The molecule has 1 heterocycles. The molecule has 1 saturated carbocycles. The minimum atomic E-state index is -1.32. The second-order valence-electron chi connectivity index (χ2n) is 7.35. The number of hydrogen-bond donors (Lipinski definition) is 4. The summed E-state index contributed by atoms with van der Waals surface area (Å²) in [7, 11) is 0. The highest BCUT2D eigenvalue weighted by atomic mass is 35.5. The van der Waals surface area contributed by atoms with Crippen molar-refractivity contribution in [3.8, 4) is 0 Å². The minimum absolute atomic E-state index is 0.0135. The maximum absolute atomic E-state index is 12.9. The van der Waals surface area contributed by atoms with Gasteiger partial charge in [-0.15, -0.1) is 0 Å². The van der Waals surface area contributed by atoms with Gasteiger partial charge in [0.15, 0.2) is 0 Å². The molecule has 1 fully saturated rings. The van der Waals surface area contributed by atoms with Gasteiger partial charge in [0.05, 0.1) is 28.3 Å². The highest BCUT2D eigenvalue weighted by molar-refractivity contribution is 6.34. The van der Waals surface area contributed by atoms with E-state index < -0.39 is 17.2 Å². The number of nitrogens with two attached hydrogens (primary N) is 1. The molecule has 1 aromatic rings. The van der Waals surface area contributed by atoms with Crippen molar-refractivity contribution in [1.29, 1.82) is 0 Å². The van der Waals surface area contributed by atoms with Crippen LogP contribution in [0.3, 0.4) is 0 Å². The van der Waals surface area contributed by atoms with Crippen molar-refractivity contribution in [2.45, 2.75) is 50.3 Å². The number of aliphatic hydroxyl groups is 1. The molecular formula is C17H21ClN4O4. The average Bonchev–Trinajstić information content (AvgIpc) is 2.46. The molecule has 0 unspecified atom stereocenters. The largest absolute Gasteiger partial charge is 0.465 e. The predicted molar refractivity (Wildman–Crippen MR) is 96.9 cm³/mol. The third-order valence-electron chi connectivity index (χ3n) is 4.89. The second kappa shape index (κ2) is 6.14. The standard InChI is InChI=1S/C17H21ClN4O4/c1-16(26)6-9(7-16)22-12(23)8-17(2,21-14(22)20-15(24)25)10-4-3-5-11(19)13(10)18/h3-5,9,26H,6-8,19H2,1-2H3,(H,20,21)(H,24,25)/t9?,16?,17-/m0/s1. The Bertz CT molecular complexity index is 802. The molecule has 140 valence electrons. The first-order chi connectivity index (χ1) is 12.0. The fourth-order valence-electron chi connectivity index (χ4n) is 3.64. The number of guanidine groups is 1. The highest BCUT2D eigenvalue weighted by Crippen LogP contribution is 2.42. The van der Waals surface area contributed by atoms with Gasteiger partial charge in [0.25, 0.3) is 0 Å². The molecule has 26 heavy (non-hydrogen) atoms. The molecule has 8 nitrogen and oxygen atoms in total. The molecule has 5 N–H and O–H groups in total. The van der Waals surface area contributed by atoms with Crippen LogP contribution < -0.4 is 11.1 Å². The summed E-state index contributed by atoms with van der Waals surface area (Å²) < 4.78 is 0. The number of aliphatic imine (C=N–C) groups is 1. The maximum Gasteiger partial charge on any atom is 0.411 e. The van der Waals surface area contributed by atoms with Crippen LogP contribution in [0.1, 0.15) is 38.7 Å². The van der Waals surface area contributed by atoms with Crippen molar-refractivity contribution >= 4 is 35.2 Å². The molecule has 0 bridgehead atoms. The third-order valence-corrected chi connectivity index (χ3v) is 5.31. The number of carboxylic acid groups (broad SMARTS) is 1. The van der Waals surface area contributed by atoms with Crippen molar-refractivity contribution in [1.82, 2.24) is 10.2 Å². The molecule has 0 saturated heterocycles. The number of halogens is 1. The third kappa shape index (κ3) is 3.22. The van der Waals surface area contributed by atoms with Crippen LogP contribution in [0.4, 0.5) is 10.5 Å². The van der Waals surface area contributed by atoms with E-state index in [0.29, 0.717) is 29.1 Å². The summed E-state index contributed by atoms with van der Waals surface area (Å²) in [6.45, 7) is 3.39. The summed E-state index contributed by atoms with van der Waals surface area (Å²) in [6.07, 6.45) is -0.598. The molecule has 1 atom stereocenters. The van der Waals surface area contributed by atoms with Crippen molar-refractivity contribution in [2.75, 3.05) is 5.73 Å². The van der Waals surface area contributed by atoms with Crippen molar-refractivity contribution < 1.29 is 19.8 Å². The van der Waals surface area contributed by atoms with E-state index >= 15 is 0 Å². The lowest BCUT2D eigenvalue weighted by molar-refractivity contribution is -0.138. The van der Waals surface area contributed by atoms with Crippen LogP contribution in [0.2, 0.25) is 5.02 Å². The Morgan fingerprint density at radius 2 is 2.08 bits per heavy atom. The lowest BCUT2D eigenvalue weighted by Crippen LogP contribution is -2.63. The smallest absolute Gasteiger partial charge is 0.411 e. The Morgan fingerprint density at radius 3 is 2.65 bits per heavy atom. The number of hydrogen-bond acceptors (Lipinski definition) is 5. The number of benzene rings is 1.